The number of anilines is 1. The van der Waals surface area contributed by atoms with Crippen LogP contribution in [0.25, 0.3) is 10.9 Å². The van der Waals surface area contributed by atoms with E-state index in [9.17, 15) is 0 Å². The van der Waals surface area contributed by atoms with Gasteiger partial charge in [0.15, 0.2) is 0 Å². The highest BCUT2D eigenvalue weighted by molar-refractivity contribution is 9.11. The van der Waals surface area contributed by atoms with Crippen LogP contribution < -0.4 is 11.3 Å². The maximum Gasteiger partial charge on any atom is 0.143 e. The topological polar surface area (TPSA) is 50.9 Å². The zero-order valence-electron chi connectivity index (χ0n) is 8.01. The average Bonchev–Trinajstić information content (AvgIpc) is 2.16. The molecule has 2 rings (SSSR count). The van der Waals surface area contributed by atoms with Crippen LogP contribution in [0.2, 0.25) is 0 Å². The molecule has 0 saturated heterocycles. The summed E-state index contributed by atoms with van der Waals surface area (Å²) in [4.78, 5) is 4.43. The first-order valence-electron chi connectivity index (χ1n) is 4.35. The maximum atomic E-state index is 5.38. The Morgan fingerprint density at radius 1 is 1.27 bits per heavy atom. The third-order valence-corrected chi connectivity index (χ3v) is 3.23. The molecule has 3 nitrogen and oxygen atoms in total. The monoisotopic (exact) mass is 329 g/mol. The lowest BCUT2D eigenvalue weighted by molar-refractivity contribution is 1.22. The van der Waals surface area contributed by atoms with Gasteiger partial charge >= 0.3 is 0 Å². The fourth-order valence-electron chi connectivity index (χ4n) is 1.46. The van der Waals surface area contributed by atoms with Gasteiger partial charge < -0.3 is 5.43 Å². The van der Waals surface area contributed by atoms with Gasteiger partial charge in [0.25, 0.3) is 0 Å². The van der Waals surface area contributed by atoms with E-state index in [0.29, 0.717) is 5.82 Å². The van der Waals surface area contributed by atoms with E-state index in [0.717, 1.165) is 25.4 Å². The second-order valence-electron chi connectivity index (χ2n) is 3.26. The Hall–Kier alpha value is -0.650. The molecule has 5 heteroatoms. The quantitative estimate of drug-likeness (QED) is 0.622. The number of hydrazine groups is 1. The second kappa shape index (κ2) is 4.08. The predicted octanol–water partition coefficient (Wildman–Crippen LogP) is 3.35. The summed E-state index contributed by atoms with van der Waals surface area (Å²) in [6.07, 6.45) is 0. The highest BCUT2D eigenvalue weighted by Crippen LogP contribution is 2.29. The number of halogens is 2. The summed E-state index contributed by atoms with van der Waals surface area (Å²) >= 11 is 6.92. The molecule has 0 saturated carbocycles. The van der Waals surface area contributed by atoms with Gasteiger partial charge in [0.2, 0.25) is 0 Å². The third kappa shape index (κ3) is 2.00. The molecule has 1 heterocycles. The van der Waals surface area contributed by atoms with Crippen LogP contribution in [0.3, 0.4) is 0 Å². The van der Waals surface area contributed by atoms with Gasteiger partial charge in [-0.2, -0.15) is 0 Å². The van der Waals surface area contributed by atoms with Crippen molar-refractivity contribution in [2.24, 2.45) is 5.84 Å². The maximum absolute atomic E-state index is 5.38. The van der Waals surface area contributed by atoms with Crippen molar-refractivity contribution in [3.8, 4) is 0 Å². The minimum atomic E-state index is 0.700. The van der Waals surface area contributed by atoms with Gasteiger partial charge in [-0.05, 0) is 46.6 Å². The first-order valence-corrected chi connectivity index (χ1v) is 5.93. The Morgan fingerprint density at radius 3 is 2.67 bits per heavy atom. The first kappa shape index (κ1) is 10.9. The molecule has 0 aliphatic rings. The summed E-state index contributed by atoms with van der Waals surface area (Å²) in [6, 6.07) is 6.04. The lowest BCUT2D eigenvalue weighted by Crippen LogP contribution is -2.10. The molecule has 0 fully saturated rings. The van der Waals surface area contributed by atoms with Crippen molar-refractivity contribution < 1.29 is 0 Å². The molecule has 1 aromatic carbocycles. The van der Waals surface area contributed by atoms with Gasteiger partial charge in [-0.15, -0.1) is 0 Å². The SMILES string of the molecule is Cc1cc2cc(Br)cc(Br)c2nc1NN. The Kier molecular flexibility index (Phi) is 2.95. The molecule has 0 aliphatic carbocycles. The number of nitrogens with zero attached hydrogens (tertiary/aromatic N) is 1. The first-order chi connectivity index (χ1) is 7.11. The van der Waals surface area contributed by atoms with Crippen molar-refractivity contribution >= 4 is 48.6 Å². The van der Waals surface area contributed by atoms with E-state index in [4.69, 9.17) is 5.84 Å². The van der Waals surface area contributed by atoms with E-state index >= 15 is 0 Å². The number of nitrogens with two attached hydrogens (primary N) is 1. The smallest absolute Gasteiger partial charge is 0.143 e. The summed E-state index contributed by atoms with van der Waals surface area (Å²) in [7, 11) is 0. The molecule has 0 amide bonds. The van der Waals surface area contributed by atoms with Crippen molar-refractivity contribution in [1.82, 2.24) is 4.98 Å². The highest BCUT2D eigenvalue weighted by atomic mass is 79.9. The number of aromatic nitrogens is 1. The normalized spacial score (nSPS) is 10.7. The Bertz CT molecular complexity index is 526. The van der Waals surface area contributed by atoms with Gasteiger partial charge in [0.1, 0.15) is 5.82 Å². The molecule has 78 valence electrons. The summed E-state index contributed by atoms with van der Waals surface area (Å²) in [6.45, 7) is 1.97. The van der Waals surface area contributed by atoms with E-state index in [-0.39, 0.29) is 0 Å². The van der Waals surface area contributed by atoms with Crippen LogP contribution in [-0.2, 0) is 0 Å². The van der Waals surface area contributed by atoms with Gasteiger partial charge in [-0.3, -0.25) is 0 Å². The summed E-state index contributed by atoms with van der Waals surface area (Å²) < 4.78 is 1.97. The average molecular weight is 331 g/mol. The molecular weight excluding hydrogens is 322 g/mol. The molecule has 0 radical (unpaired) electrons. The largest absolute Gasteiger partial charge is 0.308 e. The molecule has 0 unspecified atom stereocenters. The van der Waals surface area contributed by atoms with Crippen molar-refractivity contribution in [2.75, 3.05) is 5.43 Å². The summed E-state index contributed by atoms with van der Waals surface area (Å²) in [5.74, 6) is 6.08. The van der Waals surface area contributed by atoms with E-state index in [1.54, 1.807) is 0 Å². The van der Waals surface area contributed by atoms with Crippen molar-refractivity contribution in [3.05, 3.63) is 32.7 Å². The van der Waals surface area contributed by atoms with E-state index < -0.39 is 0 Å². The van der Waals surface area contributed by atoms with Crippen molar-refractivity contribution in [1.29, 1.82) is 0 Å². The number of aryl methyl sites for hydroxylation is 1. The molecule has 15 heavy (non-hydrogen) atoms. The van der Waals surface area contributed by atoms with Crippen LogP contribution in [0.4, 0.5) is 5.82 Å². The number of benzene rings is 1. The molecule has 1 aromatic heterocycles. The molecule has 2 aromatic rings. The number of fused-ring (bicyclic) bond motifs is 1. The molecule has 3 N–H and O–H groups in total. The lowest BCUT2D eigenvalue weighted by Gasteiger charge is -2.07. The number of hydrogen-bond donors (Lipinski definition) is 2. The lowest BCUT2D eigenvalue weighted by atomic mass is 10.1. The number of nitrogen functional groups attached to an aromatic ring is 1. The number of rotatable bonds is 1. The van der Waals surface area contributed by atoms with Gasteiger partial charge in [0.05, 0.1) is 5.52 Å². The minimum Gasteiger partial charge on any atom is -0.308 e. The van der Waals surface area contributed by atoms with Crippen molar-refractivity contribution in [2.45, 2.75) is 6.92 Å². The minimum absolute atomic E-state index is 0.700. The molecule has 0 atom stereocenters. The van der Waals surface area contributed by atoms with Crippen LogP contribution in [0, 0.1) is 6.92 Å². The Balaban J connectivity index is 2.81. The van der Waals surface area contributed by atoms with Crippen LogP contribution in [0.15, 0.2) is 27.1 Å². The number of hydrogen-bond acceptors (Lipinski definition) is 3. The van der Waals surface area contributed by atoms with E-state index in [1.807, 2.05) is 25.1 Å². The number of pyridine rings is 1. The Labute approximate surface area is 104 Å². The zero-order valence-corrected chi connectivity index (χ0v) is 11.2. The fourth-order valence-corrected chi connectivity index (χ4v) is 2.81. The standard InChI is InChI=1S/C10H9Br2N3/c1-5-2-6-3-7(11)4-8(12)9(6)14-10(5)15-13/h2-4H,13H2,1H3,(H,14,15). The summed E-state index contributed by atoms with van der Waals surface area (Å²) in [5, 5.41) is 1.08. The highest BCUT2D eigenvalue weighted by Gasteiger charge is 2.06. The second-order valence-corrected chi connectivity index (χ2v) is 5.03. The Morgan fingerprint density at radius 2 is 2.00 bits per heavy atom. The predicted molar refractivity (Wildman–Crippen MR) is 69.7 cm³/mol. The zero-order chi connectivity index (χ0) is 11.0. The fraction of sp³-hybridized carbons (Fsp3) is 0.100. The van der Waals surface area contributed by atoms with Crippen LogP contribution >= 0.6 is 31.9 Å². The van der Waals surface area contributed by atoms with Crippen LogP contribution in [0.5, 0.6) is 0 Å². The molecule has 0 aliphatic heterocycles. The van der Waals surface area contributed by atoms with E-state index in [2.05, 4.69) is 42.3 Å². The third-order valence-electron chi connectivity index (χ3n) is 2.16. The molecule has 0 spiro atoms. The summed E-state index contributed by atoms with van der Waals surface area (Å²) in [5.41, 5.74) is 4.51. The van der Waals surface area contributed by atoms with Crippen LogP contribution in [-0.4, -0.2) is 4.98 Å². The van der Waals surface area contributed by atoms with Crippen LogP contribution in [0.1, 0.15) is 5.56 Å². The number of nitrogens with one attached hydrogen (secondary N) is 1. The van der Waals surface area contributed by atoms with Gasteiger partial charge in [-0.1, -0.05) is 15.9 Å². The van der Waals surface area contributed by atoms with Gasteiger partial charge in [0, 0.05) is 14.3 Å². The molecular formula is C10H9Br2N3. The molecule has 0 bridgehead atoms. The van der Waals surface area contributed by atoms with Crippen molar-refractivity contribution in [3.63, 3.8) is 0 Å². The van der Waals surface area contributed by atoms with E-state index in [1.165, 1.54) is 0 Å². The van der Waals surface area contributed by atoms with Gasteiger partial charge in [-0.25, -0.2) is 10.8 Å².